The quantitative estimate of drug-likeness (QED) is 0.860. The molecule has 0 radical (unpaired) electrons. The molecule has 0 saturated heterocycles. The number of halogens is 3. The molecule has 0 aliphatic heterocycles. The van der Waals surface area contributed by atoms with E-state index in [2.05, 4.69) is 0 Å². The second-order valence-electron chi connectivity index (χ2n) is 3.97. The van der Waals surface area contributed by atoms with Gasteiger partial charge in [0.1, 0.15) is 6.04 Å². The van der Waals surface area contributed by atoms with Crippen molar-refractivity contribution >= 4 is 0 Å². The first-order valence-electron chi connectivity index (χ1n) is 5.47. The average Bonchev–Trinajstić information content (AvgIpc) is 2.38. The normalized spacial score (nSPS) is 13.3. The SMILES string of the molecule is NC(c1ccccc1-c1ccccc1)C(F)(F)F. The van der Waals surface area contributed by atoms with Crippen LogP contribution in [0.1, 0.15) is 11.6 Å². The van der Waals surface area contributed by atoms with Crippen LogP contribution in [0.5, 0.6) is 0 Å². The van der Waals surface area contributed by atoms with Gasteiger partial charge in [-0.15, -0.1) is 0 Å². The van der Waals surface area contributed by atoms with Gasteiger partial charge in [-0.1, -0.05) is 54.6 Å². The van der Waals surface area contributed by atoms with E-state index in [1.165, 1.54) is 6.07 Å². The van der Waals surface area contributed by atoms with E-state index in [4.69, 9.17) is 5.73 Å². The molecule has 94 valence electrons. The molecule has 18 heavy (non-hydrogen) atoms. The molecular weight excluding hydrogens is 239 g/mol. The van der Waals surface area contributed by atoms with Crippen LogP contribution in [0.25, 0.3) is 11.1 Å². The zero-order valence-electron chi connectivity index (χ0n) is 9.48. The molecule has 2 aromatic carbocycles. The van der Waals surface area contributed by atoms with Gasteiger partial charge in [0.2, 0.25) is 0 Å². The summed E-state index contributed by atoms with van der Waals surface area (Å²) in [5.41, 5.74) is 6.62. The summed E-state index contributed by atoms with van der Waals surface area (Å²) in [5, 5.41) is 0. The molecule has 2 aromatic rings. The molecule has 4 heteroatoms. The minimum absolute atomic E-state index is 0.0937. The lowest BCUT2D eigenvalue weighted by Crippen LogP contribution is -2.28. The summed E-state index contributed by atoms with van der Waals surface area (Å²) in [4.78, 5) is 0. The third kappa shape index (κ3) is 2.54. The van der Waals surface area contributed by atoms with Crippen LogP contribution in [0.2, 0.25) is 0 Å². The Hall–Kier alpha value is -1.81. The van der Waals surface area contributed by atoms with Crippen molar-refractivity contribution in [2.45, 2.75) is 12.2 Å². The van der Waals surface area contributed by atoms with E-state index in [1.807, 2.05) is 6.07 Å². The number of alkyl halides is 3. The molecule has 2 N–H and O–H groups in total. The third-order valence-electron chi connectivity index (χ3n) is 2.73. The molecule has 2 rings (SSSR count). The second kappa shape index (κ2) is 4.82. The number of benzene rings is 2. The summed E-state index contributed by atoms with van der Waals surface area (Å²) in [7, 11) is 0. The zero-order valence-corrected chi connectivity index (χ0v) is 9.48. The molecule has 0 spiro atoms. The van der Waals surface area contributed by atoms with Crippen LogP contribution in [0.3, 0.4) is 0 Å². The van der Waals surface area contributed by atoms with Crippen LogP contribution in [-0.4, -0.2) is 6.18 Å². The lowest BCUT2D eigenvalue weighted by Gasteiger charge is -2.19. The largest absolute Gasteiger partial charge is 0.407 e. The molecule has 0 aromatic heterocycles. The highest BCUT2D eigenvalue weighted by Gasteiger charge is 2.38. The van der Waals surface area contributed by atoms with E-state index >= 15 is 0 Å². The molecule has 1 atom stereocenters. The summed E-state index contributed by atoms with van der Waals surface area (Å²) in [6.45, 7) is 0. The number of rotatable bonds is 2. The van der Waals surface area contributed by atoms with E-state index in [-0.39, 0.29) is 5.56 Å². The molecule has 0 aliphatic carbocycles. The first kappa shape index (κ1) is 12.6. The van der Waals surface area contributed by atoms with Crippen molar-refractivity contribution in [3.05, 3.63) is 60.2 Å². The molecule has 1 nitrogen and oxygen atoms in total. The first-order chi connectivity index (χ1) is 8.50. The van der Waals surface area contributed by atoms with E-state index in [9.17, 15) is 13.2 Å². The van der Waals surface area contributed by atoms with E-state index in [0.29, 0.717) is 5.56 Å². The minimum atomic E-state index is -4.44. The molecule has 0 saturated carbocycles. The van der Waals surface area contributed by atoms with Gasteiger partial charge in [0.25, 0.3) is 0 Å². The lowest BCUT2D eigenvalue weighted by molar-refractivity contribution is -0.149. The van der Waals surface area contributed by atoms with Gasteiger partial charge in [-0.05, 0) is 16.7 Å². The Bertz CT molecular complexity index is 520. The summed E-state index contributed by atoms with van der Waals surface area (Å²) in [6, 6.07) is 13.3. The molecule has 0 heterocycles. The van der Waals surface area contributed by atoms with E-state index < -0.39 is 12.2 Å². The van der Waals surface area contributed by atoms with Crippen LogP contribution in [0.15, 0.2) is 54.6 Å². The van der Waals surface area contributed by atoms with Crippen LogP contribution < -0.4 is 5.73 Å². The zero-order chi connectivity index (χ0) is 13.2. The highest BCUT2D eigenvalue weighted by Crippen LogP contribution is 2.35. The summed E-state index contributed by atoms with van der Waals surface area (Å²) < 4.78 is 38.1. The molecule has 0 aliphatic rings. The van der Waals surface area contributed by atoms with Gasteiger partial charge in [-0.2, -0.15) is 13.2 Å². The van der Waals surface area contributed by atoms with E-state index in [1.54, 1.807) is 42.5 Å². The van der Waals surface area contributed by atoms with Gasteiger partial charge in [0.05, 0.1) is 0 Å². The first-order valence-corrected chi connectivity index (χ1v) is 5.47. The van der Waals surface area contributed by atoms with E-state index in [0.717, 1.165) is 5.56 Å². The standard InChI is InChI=1S/C14H12F3N/c15-14(16,17)13(18)12-9-5-4-8-11(12)10-6-2-1-3-7-10/h1-9,13H,18H2. The molecule has 0 amide bonds. The van der Waals surface area contributed by atoms with Crippen molar-refractivity contribution in [3.8, 4) is 11.1 Å². The van der Waals surface area contributed by atoms with Crippen molar-refractivity contribution in [2.75, 3.05) is 0 Å². The number of nitrogens with two attached hydrogens (primary N) is 1. The Kier molecular flexibility index (Phi) is 3.39. The Balaban J connectivity index is 2.51. The fraction of sp³-hybridized carbons (Fsp3) is 0.143. The maximum Gasteiger partial charge on any atom is 0.407 e. The van der Waals surface area contributed by atoms with Gasteiger partial charge in [-0.3, -0.25) is 0 Å². The third-order valence-corrected chi connectivity index (χ3v) is 2.73. The predicted octanol–water partition coefficient (Wildman–Crippen LogP) is 3.92. The molecular formula is C14H12F3N. The Morgan fingerprint density at radius 3 is 2.00 bits per heavy atom. The molecule has 0 fully saturated rings. The Morgan fingerprint density at radius 2 is 1.39 bits per heavy atom. The van der Waals surface area contributed by atoms with Gasteiger partial charge in [0, 0.05) is 0 Å². The molecule has 1 unspecified atom stereocenters. The maximum atomic E-state index is 12.7. The summed E-state index contributed by atoms with van der Waals surface area (Å²) >= 11 is 0. The van der Waals surface area contributed by atoms with Crippen molar-refractivity contribution in [1.82, 2.24) is 0 Å². The minimum Gasteiger partial charge on any atom is -0.316 e. The molecule has 0 bridgehead atoms. The van der Waals surface area contributed by atoms with Gasteiger partial charge in [-0.25, -0.2) is 0 Å². The van der Waals surface area contributed by atoms with Crippen LogP contribution in [0.4, 0.5) is 13.2 Å². The lowest BCUT2D eigenvalue weighted by atomic mass is 9.95. The summed E-state index contributed by atoms with van der Waals surface area (Å²) in [5.74, 6) is 0. The topological polar surface area (TPSA) is 26.0 Å². The van der Waals surface area contributed by atoms with Crippen LogP contribution >= 0.6 is 0 Å². The Morgan fingerprint density at radius 1 is 0.833 bits per heavy atom. The average molecular weight is 251 g/mol. The van der Waals surface area contributed by atoms with Crippen LogP contribution in [-0.2, 0) is 0 Å². The fourth-order valence-electron chi connectivity index (χ4n) is 1.83. The van der Waals surface area contributed by atoms with Crippen molar-refractivity contribution < 1.29 is 13.2 Å². The maximum absolute atomic E-state index is 12.7. The number of hydrogen-bond donors (Lipinski definition) is 1. The van der Waals surface area contributed by atoms with Crippen molar-refractivity contribution in [3.63, 3.8) is 0 Å². The predicted molar refractivity (Wildman–Crippen MR) is 64.9 cm³/mol. The monoisotopic (exact) mass is 251 g/mol. The van der Waals surface area contributed by atoms with Gasteiger partial charge in [0.15, 0.2) is 0 Å². The van der Waals surface area contributed by atoms with Crippen molar-refractivity contribution in [2.24, 2.45) is 5.73 Å². The van der Waals surface area contributed by atoms with Crippen LogP contribution in [0, 0.1) is 0 Å². The van der Waals surface area contributed by atoms with Crippen molar-refractivity contribution in [1.29, 1.82) is 0 Å². The number of hydrogen-bond acceptors (Lipinski definition) is 1. The summed E-state index contributed by atoms with van der Waals surface area (Å²) in [6.07, 6.45) is -4.44. The highest BCUT2D eigenvalue weighted by atomic mass is 19.4. The highest BCUT2D eigenvalue weighted by molar-refractivity contribution is 5.68. The van der Waals surface area contributed by atoms with Gasteiger partial charge < -0.3 is 5.73 Å². The smallest absolute Gasteiger partial charge is 0.316 e. The fourth-order valence-corrected chi connectivity index (χ4v) is 1.83. The Labute approximate surface area is 103 Å². The van der Waals surface area contributed by atoms with Gasteiger partial charge >= 0.3 is 6.18 Å². The second-order valence-corrected chi connectivity index (χ2v) is 3.97.